The van der Waals surface area contributed by atoms with Crippen molar-refractivity contribution in [1.82, 2.24) is 4.90 Å². The lowest BCUT2D eigenvalue weighted by Gasteiger charge is -2.19. The molecule has 0 aliphatic carbocycles. The van der Waals surface area contributed by atoms with E-state index in [1.165, 1.54) is 6.07 Å². The molecular weight excluding hydrogens is 372 g/mol. The number of anilines is 1. The SMILES string of the molecule is CCN(CC)C(=O)Nc1cccc(-c2cc(OCC(=O)O)c(C(=O)O)s2)c1. The van der Waals surface area contributed by atoms with Crippen LogP contribution in [0.3, 0.4) is 0 Å². The Morgan fingerprint density at radius 3 is 2.44 bits per heavy atom. The molecule has 2 rings (SSSR count). The Kier molecular flexibility index (Phi) is 6.78. The van der Waals surface area contributed by atoms with Crippen LogP contribution in [0.15, 0.2) is 30.3 Å². The largest absolute Gasteiger partial charge is 0.480 e. The molecule has 0 radical (unpaired) electrons. The van der Waals surface area contributed by atoms with Crippen molar-refractivity contribution in [2.45, 2.75) is 13.8 Å². The lowest BCUT2D eigenvalue weighted by atomic mass is 10.1. The lowest BCUT2D eigenvalue weighted by molar-refractivity contribution is -0.139. The molecular formula is C18H20N2O6S. The van der Waals surface area contributed by atoms with Gasteiger partial charge in [-0.1, -0.05) is 12.1 Å². The van der Waals surface area contributed by atoms with Gasteiger partial charge in [0.1, 0.15) is 5.75 Å². The second-order valence-electron chi connectivity index (χ2n) is 5.47. The fourth-order valence-electron chi connectivity index (χ4n) is 2.38. The number of thiophene rings is 1. The Morgan fingerprint density at radius 2 is 1.85 bits per heavy atom. The Balaban J connectivity index is 2.28. The smallest absolute Gasteiger partial charge is 0.349 e. The van der Waals surface area contributed by atoms with Gasteiger partial charge in [-0.3, -0.25) is 0 Å². The minimum Gasteiger partial charge on any atom is -0.480 e. The van der Waals surface area contributed by atoms with E-state index in [1.54, 1.807) is 29.2 Å². The predicted octanol–water partition coefficient (Wildman–Crippen LogP) is 3.45. The molecule has 9 heteroatoms. The van der Waals surface area contributed by atoms with Crippen LogP contribution < -0.4 is 10.1 Å². The number of urea groups is 1. The number of aliphatic carboxylic acids is 1. The minimum absolute atomic E-state index is 0.00230. The van der Waals surface area contributed by atoms with E-state index in [1.807, 2.05) is 13.8 Å². The Labute approximate surface area is 160 Å². The van der Waals surface area contributed by atoms with E-state index in [-0.39, 0.29) is 16.7 Å². The fourth-order valence-corrected chi connectivity index (χ4v) is 3.31. The summed E-state index contributed by atoms with van der Waals surface area (Å²) in [5, 5.41) is 20.8. The zero-order valence-electron chi connectivity index (χ0n) is 14.9. The molecule has 3 N–H and O–H groups in total. The molecule has 0 unspecified atom stereocenters. The molecule has 0 bridgehead atoms. The monoisotopic (exact) mass is 392 g/mol. The lowest BCUT2D eigenvalue weighted by Crippen LogP contribution is -2.34. The van der Waals surface area contributed by atoms with Crippen molar-refractivity contribution >= 4 is 35.0 Å². The first-order chi connectivity index (χ1) is 12.8. The van der Waals surface area contributed by atoms with Crippen LogP contribution in [0.25, 0.3) is 10.4 Å². The molecule has 1 heterocycles. The number of rotatable bonds is 8. The molecule has 0 atom stereocenters. The number of nitrogens with zero attached hydrogens (tertiary/aromatic N) is 1. The second-order valence-corrected chi connectivity index (χ2v) is 6.53. The van der Waals surface area contributed by atoms with Gasteiger partial charge < -0.3 is 25.2 Å². The highest BCUT2D eigenvalue weighted by Gasteiger charge is 2.19. The summed E-state index contributed by atoms with van der Waals surface area (Å²) in [7, 11) is 0. The highest BCUT2D eigenvalue weighted by atomic mass is 32.1. The highest BCUT2D eigenvalue weighted by molar-refractivity contribution is 7.17. The first kappa shape index (κ1) is 20.2. The van der Waals surface area contributed by atoms with Gasteiger partial charge in [-0.25, -0.2) is 14.4 Å². The number of carboxylic acids is 2. The molecule has 2 aromatic rings. The van der Waals surface area contributed by atoms with Gasteiger partial charge in [0, 0.05) is 23.7 Å². The molecule has 0 saturated carbocycles. The standard InChI is InChI=1S/C18H20N2O6S/c1-3-20(4-2)18(25)19-12-7-5-6-11(8-12)14-9-13(26-10-15(21)22)16(27-14)17(23)24/h5-9H,3-4,10H2,1-2H3,(H,19,25)(H,21,22)(H,23,24). The van der Waals surface area contributed by atoms with Crippen LogP contribution in [0.1, 0.15) is 23.5 Å². The Bertz CT molecular complexity index is 844. The number of ether oxygens (including phenoxy) is 1. The summed E-state index contributed by atoms with van der Waals surface area (Å²) >= 11 is 0.975. The molecule has 0 fully saturated rings. The van der Waals surface area contributed by atoms with Crippen LogP contribution in [0.2, 0.25) is 0 Å². The second kappa shape index (κ2) is 9.04. The summed E-state index contributed by atoms with van der Waals surface area (Å²) in [4.78, 5) is 36.4. The molecule has 144 valence electrons. The Hall–Kier alpha value is -3.07. The van der Waals surface area contributed by atoms with E-state index in [0.29, 0.717) is 29.2 Å². The van der Waals surface area contributed by atoms with E-state index in [2.05, 4.69) is 5.32 Å². The van der Waals surface area contributed by atoms with Crippen molar-refractivity contribution in [2.75, 3.05) is 25.0 Å². The van der Waals surface area contributed by atoms with Crippen LogP contribution in [-0.2, 0) is 4.79 Å². The quantitative estimate of drug-likeness (QED) is 0.634. The average Bonchev–Trinajstić information content (AvgIpc) is 3.06. The van der Waals surface area contributed by atoms with E-state index < -0.39 is 18.5 Å². The molecule has 0 aliphatic heterocycles. The van der Waals surface area contributed by atoms with Gasteiger partial charge in [0.25, 0.3) is 0 Å². The third-order valence-corrected chi connectivity index (χ3v) is 4.85. The summed E-state index contributed by atoms with van der Waals surface area (Å²) in [5.74, 6) is -2.39. The summed E-state index contributed by atoms with van der Waals surface area (Å²) in [6.45, 7) is 4.31. The van der Waals surface area contributed by atoms with Gasteiger partial charge >= 0.3 is 18.0 Å². The van der Waals surface area contributed by atoms with Crippen LogP contribution in [-0.4, -0.2) is 52.8 Å². The molecule has 1 aromatic heterocycles. The summed E-state index contributed by atoms with van der Waals surface area (Å²) in [6, 6.07) is 8.23. The molecule has 8 nitrogen and oxygen atoms in total. The molecule has 0 spiro atoms. The average molecular weight is 392 g/mol. The molecule has 27 heavy (non-hydrogen) atoms. The van der Waals surface area contributed by atoms with Crippen molar-refractivity contribution in [1.29, 1.82) is 0 Å². The highest BCUT2D eigenvalue weighted by Crippen LogP contribution is 2.37. The first-order valence-corrected chi connectivity index (χ1v) is 9.05. The maximum absolute atomic E-state index is 12.2. The molecule has 0 saturated heterocycles. The zero-order valence-corrected chi connectivity index (χ0v) is 15.7. The molecule has 0 aliphatic rings. The fraction of sp³-hybridized carbons (Fsp3) is 0.278. The van der Waals surface area contributed by atoms with Crippen molar-refractivity contribution in [3.63, 3.8) is 0 Å². The van der Waals surface area contributed by atoms with Crippen LogP contribution in [0.5, 0.6) is 5.75 Å². The number of benzene rings is 1. The van der Waals surface area contributed by atoms with E-state index in [4.69, 9.17) is 9.84 Å². The normalized spacial score (nSPS) is 10.3. The number of carbonyl (C=O) groups excluding carboxylic acids is 1. The third kappa shape index (κ3) is 5.20. The van der Waals surface area contributed by atoms with E-state index >= 15 is 0 Å². The number of amides is 2. The maximum atomic E-state index is 12.2. The predicted molar refractivity (Wildman–Crippen MR) is 102 cm³/mol. The van der Waals surface area contributed by atoms with Gasteiger partial charge in [0.05, 0.1) is 0 Å². The zero-order chi connectivity index (χ0) is 20.0. The van der Waals surface area contributed by atoms with Gasteiger partial charge in [0.2, 0.25) is 0 Å². The number of hydrogen-bond acceptors (Lipinski definition) is 5. The van der Waals surface area contributed by atoms with Crippen molar-refractivity contribution in [3.8, 4) is 16.2 Å². The van der Waals surface area contributed by atoms with E-state index in [9.17, 15) is 19.5 Å². The Morgan fingerprint density at radius 1 is 1.15 bits per heavy atom. The first-order valence-electron chi connectivity index (χ1n) is 8.23. The molecule has 1 aromatic carbocycles. The van der Waals surface area contributed by atoms with Gasteiger partial charge in [-0.2, -0.15) is 0 Å². The van der Waals surface area contributed by atoms with Crippen molar-refractivity contribution in [3.05, 3.63) is 35.2 Å². The van der Waals surface area contributed by atoms with Crippen LogP contribution >= 0.6 is 11.3 Å². The number of nitrogens with one attached hydrogen (secondary N) is 1. The minimum atomic E-state index is -1.20. The van der Waals surface area contributed by atoms with Gasteiger partial charge in [-0.15, -0.1) is 11.3 Å². The van der Waals surface area contributed by atoms with E-state index in [0.717, 1.165) is 11.3 Å². The number of aromatic carboxylic acids is 1. The van der Waals surface area contributed by atoms with Crippen LogP contribution in [0, 0.1) is 0 Å². The topological polar surface area (TPSA) is 116 Å². The number of carboxylic acid groups (broad SMARTS) is 2. The summed E-state index contributed by atoms with van der Waals surface area (Å²) in [6.07, 6.45) is 0. The maximum Gasteiger partial charge on any atom is 0.349 e. The number of carbonyl (C=O) groups is 3. The summed E-state index contributed by atoms with van der Waals surface area (Å²) in [5.41, 5.74) is 1.26. The summed E-state index contributed by atoms with van der Waals surface area (Å²) < 4.78 is 5.07. The van der Waals surface area contributed by atoms with Crippen molar-refractivity contribution < 1.29 is 29.3 Å². The van der Waals surface area contributed by atoms with Gasteiger partial charge in [-0.05, 0) is 37.6 Å². The van der Waals surface area contributed by atoms with Gasteiger partial charge in [0.15, 0.2) is 11.5 Å². The van der Waals surface area contributed by atoms with Crippen molar-refractivity contribution in [2.24, 2.45) is 0 Å². The third-order valence-electron chi connectivity index (χ3n) is 3.69. The number of hydrogen-bond donors (Lipinski definition) is 3. The molecule has 2 amide bonds. The van der Waals surface area contributed by atoms with Crippen LogP contribution in [0.4, 0.5) is 10.5 Å².